The molecule has 0 radical (unpaired) electrons. The van der Waals surface area contributed by atoms with Gasteiger partial charge < -0.3 is 24.4 Å². The molecule has 1 saturated heterocycles. The second-order valence-electron chi connectivity index (χ2n) is 7.43. The number of ether oxygens (including phenoxy) is 3. The summed E-state index contributed by atoms with van der Waals surface area (Å²) in [7, 11) is 3.08. The summed E-state index contributed by atoms with van der Waals surface area (Å²) in [6.45, 7) is 0.562. The summed E-state index contributed by atoms with van der Waals surface area (Å²) >= 11 is 0. The van der Waals surface area contributed by atoms with Crippen LogP contribution in [-0.4, -0.2) is 42.5 Å². The van der Waals surface area contributed by atoms with Crippen molar-refractivity contribution in [1.29, 1.82) is 0 Å². The number of amides is 2. The van der Waals surface area contributed by atoms with Gasteiger partial charge in [0.2, 0.25) is 11.8 Å². The van der Waals surface area contributed by atoms with Gasteiger partial charge in [-0.3, -0.25) is 14.6 Å². The van der Waals surface area contributed by atoms with Crippen LogP contribution in [0, 0.1) is 5.92 Å². The van der Waals surface area contributed by atoms with E-state index in [0.29, 0.717) is 35.4 Å². The lowest BCUT2D eigenvalue weighted by Crippen LogP contribution is -2.28. The zero-order valence-electron chi connectivity index (χ0n) is 18.4. The molecule has 1 atom stereocenters. The molecule has 0 saturated carbocycles. The minimum absolute atomic E-state index is 0.0974. The molecule has 170 valence electrons. The van der Waals surface area contributed by atoms with E-state index in [9.17, 15) is 9.59 Å². The molecular formula is C24H24N4O5. The van der Waals surface area contributed by atoms with Crippen LogP contribution in [0.5, 0.6) is 17.2 Å². The fourth-order valence-corrected chi connectivity index (χ4v) is 3.59. The Kier molecular flexibility index (Phi) is 6.68. The van der Waals surface area contributed by atoms with Crippen molar-refractivity contribution in [2.45, 2.75) is 13.0 Å². The molecule has 0 bridgehead atoms. The normalized spacial score (nSPS) is 15.3. The van der Waals surface area contributed by atoms with Crippen molar-refractivity contribution in [2.24, 2.45) is 5.92 Å². The molecule has 1 aliphatic heterocycles. The van der Waals surface area contributed by atoms with E-state index in [4.69, 9.17) is 14.2 Å². The van der Waals surface area contributed by atoms with E-state index in [1.54, 1.807) is 60.9 Å². The maximum Gasteiger partial charge on any atom is 0.231 e. The summed E-state index contributed by atoms with van der Waals surface area (Å²) in [6.07, 6.45) is 5.04. The number of pyridine rings is 2. The van der Waals surface area contributed by atoms with Crippen LogP contribution >= 0.6 is 0 Å². The molecule has 9 heteroatoms. The second kappa shape index (κ2) is 9.99. The Labute approximate surface area is 191 Å². The predicted octanol–water partition coefficient (Wildman–Crippen LogP) is 3.06. The van der Waals surface area contributed by atoms with Crippen LogP contribution < -0.4 is 24.4 Å². The molecular weight excluding hydrogens is 424 g/mol. The number of carbonyl (C=O) groups excluding carboxylic acids is 2. The van der Waals surface area contributed by atoms with E-state index in [0.717, 1.165) is 5.56 Å². The number of aromatic nitrogens is 2. The van der Waals surface area contributed by atoms with Crippen LogP contribution in [0.25, 0.3) is 0 Å². The van der Waals surface area contributed by atoms with Gasteiger partial charge in [-0.1, -0.05) is 0 Å². The van der Waals surface area contributed by atoms with Crippen molar-refractivity contribution in [3.8, 4) is 17.2 Å². The lowest BCUT2D eigenvalue weighted by molar-refractivity contribution is -0.122. The van der Waals surface area contributed by atoms with E-state index in [1.165, 1.54) is 7.11 Å². The van der Waals surface area contributed by atoms with E-state index in [2.05, 4.69) is 15.3 Å². The van der Waals surface area contributed by atoms with Crippen LogP contribution in [0.4, 0.5) is 11.5 Å². The van der Waals surface area contributed by atoms with Crippen molar-refractivity contribution < 1.29 is 23.8 Å². The maximum absolute atomic E-state index is 12.9. The number of methoxy groups -OCH3 is 2. The van der Waals surface area contributed by atoms with Crippen molar-refractivity contribution in [2.75, 3.05) is 31.0 Å². The molecule has 2 aromatic heterocycles. The third kappa shape index (κ3) is 5.03. The highest BCUT2D eigenvalue weighted by molar-refractivity contribution is 6.03. The molecule has 1 aliphatic rings. The summed E-state index contributed by atoms with van der Waals surface area (Å²) in [4.78, 5) is 35.4. The molecule has 0 aliphatic carbocycles. The quantitative estimate of drug-likeness (QED) is 0.565. The highest BCUT2D eigenvalue weighted by Crippen LogP contribution is 2.34. The van der Waals surface area contributed by atoms with E-state index in [1.807, 2.05) is 12.1 Å². The van der Waals surface area contributed by atoms with Crippen molar-refractivity contribution in [3.63, 3.8) is 0 Å². The summed E-state index contributed by atoms with van der Waals surface area (Å²) in [5.74, 6) is 0.881. The largest absolute Gasteiger partial charge is 0.493 e. The molecule has 9 nitrogen and oxygen atoms in total. The number of carbonyl (C=O) groups is 2. The van der Waals surface area contributed by atoms with Gasteiger partial charge in [0.05, 0.1) is 20.1 Å². The zero-order chi connectivity index (χ0) is 23.2. The number of hydrogen-bond donors (Lipinski definition) is 1. The number of hydrogen-bond acceptors (Lipinski definition) is 7. The highest BCUT2D eigenvalue weighted by Gasteiger charge is 2.36. The molecule has 1 fully saturated rings. The molecule has 33 heavy (non-hydrogen) atoms. The summed E-state index contributed by atoms with van der Waals surface area (Å²) in [5, 5.41) is 2.81. The first kappa shape index (κ1) is 22.1. The van der Waals surface area contributed by atoms with E-state index >= 15 is 0 Å². The lowest BCUT2D eigenvalue weighted by Gasteiger charge is -2.18. The fraction of sp³-hybridized carbons (Fsp3) is 0.250. The smallest absolute Gasteiger partial charge is 0.231 e. The van der Waals surface area contributed by atoms with Gasteiger partial charge in [-0.2, -0.15) is 0 Å². The van der Waals surface area contributed by atoms with Gasteiger partial charge >= 0.3 is 0 Å². The molecule has 4 rings (SSSR count). The van der Waals surface area contributed by atoms with Gasteiger partial charge in [0.25, 0.3) is 0 Å². The first-order chi connectivity index (χ1) is 16.1. The second-order valence-corrected chi connectivity index (χ2v) is 7.43. The minimum Gasteiger partial charge on any atom is -0.493 e. The van der Waals surface area contributed by atoms with E-state index < -0.39 is 5.92 Å². The SMILES string of the molecule is COc1ccc(N2CC(C(=O)Nc3ncccc3OCc3ccncc3)CC2=O)cc1OC. The first-order valence-corrected chi connectivity index (χ1v) is 10.4. The van der Waals surface area contributed by atoms with E-state index in [-0.39, 0.29) is 24.8 Å². The van der Waals surface area contributed by atoms with Crippen LogP contribution in [0.1, 0.15) is 12.0 Å². The average Bonchev–Trinajstić information content (AvgIpc) is 3.25. The van der Waals surface area contributed by atoms with Gasteiger partial charge in [-0.05, 0) is 42.0 Å². The van der Waals surface area contributed by atoms with Crippen molar-refractivity contribution in [3.05, 3.63) is 66.6 Å². The van der Waals surface area contributed by atoms with Crippen LogP contribution in [-0.2, 0) is 16.2 Å². The number of nitrogens with zero attached hydrogens (tertiary/aromatic N) is 3. The first-order valence-electron chi connectivity index (χ1n) is 10.4. The molecule has 3 aromatic rings. The maximum atomic E-state index is 12.9. The fourth-order valence-electron chi connectivity index (χ4n) is 3.59. The number of nitrogens with one attached hydrogen (secondary N) is 1. The number of rotatable bonds is 8. The van der Waals surface area contributed by atoms with Gasteiger partial charge in [0.15, 0.2) is 23.1 Å². The summed E-state index contributed by atoms with van der Waals surface area (Å²) < 4.78 is 16.4. The molecule has 3 heterocycles. The predicted molar refractivity (Wildman–Crippen MR) is 121 cm³/mol. The van der Waals surface area contributed by atoms with Crippen molar-refractivity contribution in [1.82, 2.24) is 9.97 Å². The van der Waals surface area contributed by atoms with Gasteiger partial charge in [-0.25, -0.2) is 4.98 Å². The number of anilines is 2. The monoisotopic (exact) mass is 448 g/mol. The Morgan fingerprint density at radius 3 is 2.61 bits per heavy atom. The van der Waals surface area contributed by atoms with Crippen LogP contribution in [0.3, 0.4) is 0 Å². The topological polar surface area (TPSA) is 103 Å². The molecule has 1 N–H and O–H groups in total. The summed E-state index contributed by atoms with van der Waals surface area (Å²) in [5.41, 5.74) is 1.59. The molecule has 2 amide bonds. The molecule has 0 spiro atoms. The molecule has 1 unspecified atom stereocenters. The Morgan fingerprint density at radius 1 is 1.06 bits per heavy atom. The average molecular weight is 448 g/mol. The Morgan fingerprint density at radius 2 is 1.85 bits per heavy atom. The lowest BCUT2D eigenvalue weighted by atomic mass is 10.1. The van der Waals surface area contributed by atoms with Crippen LogP contribution in [0.2, 0.25) is 0 Å². The van der Waals surface area contributed by atoms with Crippen molar-refractivity contribution >= 4 is 23.3 Å². The summed E-state index contributed by atoms with van der Waals surface area (Å²) in [6, 6.07) is 12.4. The third-order valence-electron chi connectivity index (χ3n) is 5.33. The van der Waals surface area contributed by atoms with Gasteiger partial charge in [0, 0.05) is 43.3 Å². The Hall–Kier alpha value is -4.14. The standard InChI is InChI=1S/C24H24N4O5/c1-31-19-6-5-18(13-21(19)32-2)28-14-17(12-22(28)29)24(30)27-23-20(4-3-9-26-23)33-15-16-7-10-25-11-8-16/h3-11,13,17H,12,14-15H2,1-2H3,(H,26,27,30). The molecule has 1 aromatic carbocycles. The Balaban J connectivity index is 1.43. The van der Waals surface area contributed by atoms with Gasteiger partial charge in [-0.15, -0.1) is 0 Å². The van der Waals surface area contributed by atoms with Crippen LogP contribution in [0.15, 0.2) is 61.1 Å². The Bertz CT molecular complexity index is 1140. The zero-order valence-corrected chi connectivity index (χ0v) is 18.4. The minimum atomic E-state index is -0.527. The van der Waals surface area contributed by atoms with Gasteiger partial charge in [0.1, 0.15) is 6.61 Å². The number of benzene rings is 1. The third-order valence-corrected chi connectivity index (χ3v) is 5.33. The highest BCUT2D eigenvalue weighted by atomic mass is 16.5.